The second-order valence-corrected chi connectivity index (χ2v) is 4.17. The number of oxime groups is 1. The molecule has 0 spiro atoms. The molecule has 11 heavy (non-hydrogen) atoms. The van der Waals surface area contributed by atoms with Gasteiger partial charge in [-0.2, -0.15) is 0 Å². The van der Waals surface area contributed by atoms with Gasteiger partial charge >= 0.3 is 0 Å². The van der Waals surface area contributed by atoms with E-state index < -0.39 is 10.0 Å². The van der Waals surface area contributed by atoms with E-state index in [-0.39, 0.29) is 6.54 Å². The zero-order valence-corrected chi connectivity index (χ0v) is 7.02. The zero-order chi connectivity index (χ0) is 8.32. The van der Waals surface area contributed by atoms with E-state index in [1.54, 1.807) is 0 Å². The van der Waals surface area contributed by atoms with E-state index in [2.05, 4.69) is 14.7 Å². The van der Waals surface area contributed by atoms with Gasteiger partial charge in [0.1, 0.15) is 6.61 Å². The van der Waals surface area contributed by atoms with Gasteiger partial charge in [0.05, 0.1) is 18.5 Å². The van der Waals surface area contributed by atoms with Crippen LogP contribution in [0.25, 0.3) is 0 Å². The summed E-state index contributed by atoms with van der Waals surface area (Å²) in [6, 6.07) is 0. The quantitative estimate of drug-likeness (QED) is 0.622. The highest BCUT2D eigenvalue weighted by atomic mass is 32.2. The third-order valence-corrected chi connectivity index (χ3v) is 1.88. The van der Waals surface area contributed by atoms with Crippen LogP contribution in [0.1, 0.15) is 6.42 Å². The minimum Gasteiger partial charge on any atom is -0.395 e. The first-order chi connectivity index (χ1) is 5.08. The van der Waals surface area contributed by atoms with Gasteiger partial charge in [-0.25, -0.2) is 13.1 Å². The van der Waals surface area contributed by atoms with Crippen molar-refractivity contribution >= 4 is 15.7 Å². The average Bonchev–Trinajstić information content (AvgIpc) is 2.32. The minimum atomic E-state index is -3.10. The van der Waals surface area contributed by atoms with E-state index in [1.165, 1.54) is 0 Å². The van der Waals surface area contributed by atoms with Gasteiger partial charge in [0.2, 0.25) is 10.0 Å². The summed E-state index contributed by atoms with van der Waals surface area (Å²) in [5.41, 5.74) is 0.746. The van der Waals surface area contributed by atoms with Crippen molar-refractivity contribution in [2.45, 2.75) is 6.42 Å². The van der Waals surface area contributed by atoms with Gasteiger partial charge in [-0.1, -0.05) is 5.16 Å². The summed E-state index contributed by atoms with van der Waals surface area (Å²) in [4.78, 5) is 4.68. The fourth-order valence-corrected chi connectivity index (χ4v) is 1.11. The van der Waals surface area contributed by atoms with E-state index in [0.29, 0.717) is 13.0 Å². The Morgan fingerprint density at radius 1 is 1.73 bits per heavy atom. The van der Waals surface area contributed by atoms with E-state index in [9.17, 15) is 8.42 Å². The predicted molar refractivity (Wildman–Crippen MR) is 40.9 cm³/mol. The molecule has 1 rings (SSSR count). The van der Waals surface area contributed by atoms with Crippen molar-refractivity contribution in [2.75, 3.05) is 19.4 Å². The van der Waals surface area contributed by atoms with Crippen molar-refractivity contribution < 1.29 is 13.3 Å². The molecule has 0 aromatic heterocycles. The Labute approximate surface area is 65.5 Å². The van der Waals surface area contributed by atoms with Crippen LogP contribution in [0.5, 0.6) is 0 Å². The first-order valence-corrected chi connectivity index (χ1v) is 5.09. The average molecular weight is 178 g/mol. The maximum Gasteiger partial charge on any atom is 0.209 e. The number of sulfonamides is 1. The third-order valence-electron chi connectivity index (χ3n) is 1.21. The Hall–Kier alpha value is -0.620. The molecule has 0 aliphatic carbocycles. The third kappa shape index (κ3) is 3.33. The number of nitrogens with one attached hydrogen (secondary N) is 1. The molecule has 5 nitrogen and oxygen atoms in total. The van der Waals surface area contributed by atoms with E-state index >= 15 is 0 Å². The van der Waals surface area contributed by atoms with E-state index in [4.69, 9.17) is 0 Å². The van der Waals surface area contributed by atoms with Crippen molar-refractivity contribution in [2.24, 2.45) is 5.16 Å². The molecule has 0 radical (unpaired) electrons. The molecule has 0 saturated carbocycles. The fourth-order valence-electron chi connectivity index (χ4n) is 0.681. The van der Waals surface area contributed by atoms with Crippen molar-refractivity contribution in [3.05, 3.63) is 0 Å². The molecule has 0 saturated heterocycles. The van der Waals surface area contributed by atoms with Crippen LogP contribution in [0, 0.1) is 0 Å². The van der Waals surface area contributed by atoms with Crippen molar-refractivity contribution in [1.29, 1.82) is 0 Å². The van der Waals surface area contributed by atoms with Gasteiger partial charge in [-0.3, -0.25) is 0 Å². The SMILES string of the molecule is CS(=O)(=O)NCC1=NOCC1. The molecule has 0 unspecified atom stereocenters. The Balaban J connectivity index is 2.33. The summed E-state index contributed by atoms with van der Waals surface area (Å²) in [6.45, 7) is 0.819. The van der Waals surface area contributed by atoms with Gasteiger partial charge in [0.15, 0.2) is 0 Å². The van der Waals surface area contributed by atoms with Crippen LogP contribution >= 0.6 is 0 Å². The lowest BCUT2D eigenvalue weighted by Crippen LogP contribution is -2.27. The van der Waals surface area contributed by atoms with E-state index in [0.717, 1.165) is 12.0 Å². The largest absolute Gasteiger partial charge is 0.395 e. The molecule has 0 aromatic carbocycles. The predicted octanol–water partition coefficient (Wildman–Crippen LogP) is -0.688. The topological polar surface area (TPSA) is 67.8 Å². The van der Waals surface area contributed by atoms with Crippen LogP contribution in [0.4, 0.5) is 0 Å². The lowest BCUT2D eigenvalue weighted by Gasteiger charge is -1.98. The lowest BCUT2D eigenvalue weighted by molar-refractivity contribution is 0.173. The normalized spacial score (nSPS) is 17.7. The molecule has 1 N–H and O–H groups in total. The molecule has 0 bridgehead atoms. The van der Waals surface area contributed by atoms with E-state index in [1.807, 2.05) is 0 Å². The van der Waals surface area contributed by atoms with Crippen LogP contribution in [-0.2, 0) is 14.9 Å². The molecule has 0 fully saturated rings. The Bertz CT molecular complexity index is 257. The first kappa shape index (κ1) is 8.48. The van der Waals surface area contributed by atoms with Crippen molar-refractivity contribution in [3.63, 3.8) is 0 Å². The Morgan fingerprint density at radius 2 is 2.45 bits per heavy atom. The Kier molecular flexibility index (Phi) is 2.45. The van der Waals surface area contributed by atoms with Crippen molar-refractivity contribution in [3.8, 4) is 0 Å². The second-order valence-electron chi connectivity index (χ2n) is 2.33. The fraction of sp³-hybridized carbons (Fsp3) is 0.800. The van der Waals surface area contributed by atoms with Gasteiger partial charge in [0, 0.05) is 6.42 Å². The molecule has 6 heteroatoms. The standard InChI is InChI=1S/C5H10N2O3S/c1-11(8,9)6-4-5-2-3-10-7-5/h6H,2-4H2,1H3. The minimum absolute atomic E-state index is 0.263. The van der Waals surface area contributed by atoms with Gasteiger partial charge < -0.3 is 4.84 Å². The second kappa shape index (κ2) is 3.19. The monoisotopic (exact) mass is 178 g/mol. The maximum absolute atomic E-state index is 10.6. The smallest absolute Gasteiger partial charge is 0.209 e. The summed E-state index contributed by atoms with van der Waals surface area (Å²) in [6.07, 6.45) is 1.83. The Morgan fingerprint density at radius 3 is 2.91 bits per heavy atom. The highest BCUT2D eigenvalue weighted by Crippen LogP contribution is 1.98. The summed E-state index contributed by atoms with van der Waals surface area (Å²) in [7, 11) is -3.10. The first-order valence-electron chi connectivity index (χ1n) is 3.20. The van der Waals surface area contributed by atoms with Crippen LogP contribution in [0.2, 0.25) is 0 Å². The maximum atomic E-state index is 10.6. The molecule has 0 aromatic rings. The number of hydrogen-bond acceptors (Lipinski definition) is 4. The van der Waals surface area contributed by atoms with Crippen LogP contribution in [-0.4, -0.2) is 33.5 Å². The van der Waals surface area contributed by atoms with Crippen LogP contribution < -0.4 is 4.72 Å². The summed E-state index contributed by atoms with van der Waals surface area (Å²) in [5, 5.41) is 3.63. The molecule has 0 amide bonds. The van der Waals surface area contributed by atoms with Gasteiger partial charge in [-0.15, -0.1) is 0 Å². The number of hydrogen-bond donors (Lipinski definition) is 1. The van der Waals surface area contributed by atoms with Gasteiger partial charge in [0.25, 0.3) is 0 Å². The molecular formula is C5H10N2O3S. The molecule has 1 heterocycles. The highest BCUT2D eigenvalue weighted by molar-refractivity contribution is 7.88. The van der Waals surface area contributed by atoms with Crippen molar-refractivity contribution in [1.82, 2.24) is 4.72 Å². The summed E-state index contributed by atoms with van der Waals surface area (Å²) >= 11 is 0. The highest BCUT2D eigenvalue weighted by Gasteiger charge is 2.09. The number of rotatable bonds is 3. The van der Waals surface area contributed by atoms with Crippen LogP contribution in [0.15, 0.2) is 5.16 Å². The molecule has 1 aliphatic rings. The molecular weight excluding hydrogens is 168 g/mol. The summed E-state index contributed by atoms with van der Waals surface area (Å²) in [5.74, 6) is 0. The van der Waals surface area contributed by atoms with Gasteiger partial charge in [-0.05, 0) is 0 Å². The summed E-state index contributed by atoms with van der Waals surface area (Å²) < 4.78 is 23.5. The zero-order valence-electron chi connectivity index (χ0n) is 6.20. The molecule has 0 atom stereocenters. The van der Waals surface area contributed by atoms with Crippen LogP contribution in [0.3, 0.4) is 0 Å². The molecule has 64 valence electrons. The number of nitrogens with zero attached hydrogens (tertiary/aromatic N) is 1. The lowest BCUT2D eigenvalue weighted by atomic mass is 10.3. The molecule has 1 aliphatic heterocycles.